The Hall–Kier alpha value is -1.55. The Balaban J connectivity index is 2.12. The molecule has 0 aliphatic heterocycles. The lowest BCUT2D eigenvalue weighted by molar-refractivity contribution is -0.136. The van der Waals surface area contributed by atoms with Crippen LogP contribution in [0, 0.1) is 5.92 Å². The predicted octanol–water partition coefficient (Wildman–Crippen LogP) is 6.76. The maximum absolute atomic E-state index is 12.7. The molecule has 0 bridgehead atoms. The number of hydrogen-bond donors (Lipinski definition) is 1. The van der Waals surface area contributed by atoms with Gasteiger partial charge >= 0.3 is 12.9 Å². The van der Waals surface area contributed by atoms with Crippen molar-refractivity contribution in [2.24, 2.45) is 5.92 Å². The van der Waals surface area contributed by atoms with E-state index in [4.69, 9.17) is 20.3 Å². The van der Waals surface area contributed by atoms with Gasteiger partial charge in [0, 0.05) is 22.3 Å². The highest BCUT2D eigenvalue weighted by Gasteiger charge is 2.31. The molecule has 154 valence electrons. The first-order valence-corrected chi connectivity index (χ1v) is 12.2. The lowest BCUT2D eigenvalue weighted by Gasteiger charge is -2.22. The van der Waals surface area contributed by atoms with Crippen molar-refractivity contribution in [1.82, 2.24) is 0 Å². The number of halogens is 1. The van der Waals surface area contributed by atoms with E-state index in [0.717, 1.165) is 29.3 Å². The van der Waals surface area contributed by atoms with Gasteiger partial charge in [0.25, 0.3) is 0 Å². The van der Waals surface area contributed by atoms with E-state index in [0.29, 0.717) is 12.8 Å². The maximum Gasteiger partial charge on any atom is 0.478 e. The molecule has 0 spiro atoms. The van der Waals surface area contributed by atoms with Crippen molar-refractivity contribution in [2.75, 3.05) is 11.9 Å². The molecule has 1 N–H and O–H groups in total. The Labute approximate surface area is 172 Å². The standard InChI is InChI=1S/C21H29ClNO4P/c1-4-5-8-14-26-28(22,25)27-21(24)20(15-16(2)3)23-19-13-9-11-17-10-6-7-12-18(17)19/h6-7,9-13,16,20,23H,4-5,8,14-15H2,1-3H3/t20-,28?/m0/s1. The molecule has 0 aromatic heterocycles. The van der Waals surface area contributed by atoms with Crippen molar-refractivity contribution < 1.29 is 18.4 Å². The number of carbonyl (C=O) groups excluding carboxylic acids is 1. The zero-order valence-corrected chi connectivity index (χ0v) is 18.3. The predicted molar refractivity (Wildman–Crippen MR) is 116 cm³/mol. The van der Waals surface area contributed by atoms with Gasteiger partial charge in [0.1, 0.15) is 6.04 Å². The Morgan fingerprint density at radius 3 is 2.57 bits per heavy atom. The maximum atomic E-state index is 12.7. The fourth-order valence-electron chi connectivity index (χ4n) is 2.95. The molecule has 0 aliphatic rings. The third-order valence-electron chi connectivity index (χ3n) is 4.30. The Kier molecular flexibility index (Phi) is 8.81. The lowest BCUT2D eigenvalue weighted by atomic mass is 10.0. The SMILES string of the molecule is CCCCCOP(=O)(Cl)OC(=O)[C@H](CC(C)C)Nc1cccc2ccccc12. The van der Waals surface area contributed by atoms with Gasteiger partial charge in [-0.3, -0.25) is 4.52 Å². The van der Waals surface area contributed by atoms with E-state index in [2.05, 4.69) is 12.2 Å². The molecule has 2 rings (SSSR count). The van der Waals surface area contributed by atoms with Crippen LogP contribution in [0.5, 0.6) is 0 Å². The van der Waals surface area contributed by atoms with Gasteiger partial charge in [0.05, 0.1) is 6.61 Å². The molecular formula is C21H29ClNO4P. The molecule has 7 heteroatoms. The van der Waals surface area contributed by atoms with Gasteiger partial charge in [-0.2, -0.15) is 0 Å². The topological polar surface area (TPSA) is 64.6 Å². The molecular weight excluding hydrogens is 397 g/mol. The average Bonchev–Trinajstić information content (AvgIpc) is 2.64. The number of nitrogens with one attached hydrogen (secondary N) is 1. The van der Waals surface area contributed by atoms with E-state index in [1.54, 1.807) is 0 Å². The summed E-state index contributed by atoms with van der Waals surface area (Å²) >= 11 is 5.85. The van der Waals surface area contributed by atoms with Crippen LogP contribution in [0.2, 0.25) is 0 Å². The smallest absolute Gasteiger partial charge is 0.379 e. The second kappa shape index (κ2) is 10.8. The molecule has 2 aromatic rings. The largest absolute Gasteiger partial charge is 0.478 e. The summed E-state index contributed by atoms with van der Waals surface area (Å²) in [7, 11) is 0. The van der Waals surface area contributed by atoms with Crippen molar-refractivity contribution in [2.45, 2.75) is 52.5 Å². The molecule has 0 heterocycles. The highest BCUT2D eigenvalue weighted by molar-refractivity contribution is 7.81. The molecule has 0 saturated heterocycles. The van der Waals surface area contributed by atoms with Crippen LogP contribution in [-0.2, 0) is 18.4 Å². The zero-order valence-electron chi connectivity index (χ0n) is 16.7. The quantitative estimate of drug-likeness (QED) is 0.318. The van der Waals surface area contributed by atoms with Crippen LogP contribution in [0.15, 0.2) is 42.5 Å². The number of benzene rings is 2. The third-order valence-corrected chi connectivity index (χ3v) is 5.69. The van der Waals surface area contributed by atoms with E-state index >= 15 is 0 Å². The zero-order chi connectivity index (χ0) is 20.6. The van der Waals surface area contributed by atoms with Gasteiger partial charge in [0.2, 0.25) is 0 Å². The number of unbranched alkanes of at least 4 members (excludes halogenated alkanes) is 2. The van der Waals surface area contributed by atoms with Gasteiger partial charge < -0.3 is 9.84 Å². The minimum atomic E-state index is -3.96. The second-order valence-corrected chi connectivity index (χ2v) is 9.78. The van der Waals surface area contributed by atoms with Crippen LogP contribution in [0.25, 0.3) is 10.8 Å². The highest BCUT2D eigenvalue weighted by Crippen LogP contribution is 2.54. The van der Waals surface area contributed by atoms with Gasteiger partial charge in [-0.1, -0.05) is 70.0 Å². The highest BCUT2D eigenvalue weighted by atomic mass is 35.7. The molecule has 0 fully saturated rings. The number of carbonyl (C=O) groups is 1. The summed E-state index contributed by atoms with van der Waals surface area (Å²) in [5.41, 5.74) is 0.814. The molecule has 2 atom stereocenters. The summed E-state index contributed by atoms with van der Waals surface area (Å²) in [6.45, 7) is 2.31. The average molecular weight is 426 g/mol. The molecule has 1 unspecified atom stereocenters. The fraction of sp³-hybridized carbons (Fsp3) is 0.476. The minimum Gasteiger partial charge on any atom is -0.379 e. The van der Waals surface area contributed by atoms with Crippen molar-refractivity contribution in [3.63, 3.8) is 0 Å². The molecule has 0 saturated carbocycles. The van der Waals surface area contributed by atoms with Crippen LogP contribution < -0.4 is 5.32 Å². The minimum absolute atomic E-state index is 0.202. The second-order valence-electron chi connectivity index (χ2n) is 7.23. The summed E-state index contributed by atoms with van der Waals surface area (Å²) in [4.78, 5) is 12.7. The summed E-state index contributed by atoms with van der Waals surface area (Å²) in [5, 5.41) is 5.30. The van der Waals surface area contributed by atoms with E-state index in [-0.39, 0.29) is 12.5 Å². The Morgan fingerprint density at radius 1 is 1.14 bits per heavy atom. The first-order valence-electron chi connectivity index (χ1n) is 9.74. The van der Waals surface area contributed by atoms with E-state index in [1.807, 2.05) is 56.3 Å². The van der Waals surface area contributed by atoms with Crippen LogP contribution in [-0.4, -0.2) is 18.6 Å². The van der Waals surface area contributed by atoms with Crippen molar-refractivity contribution in [3.05, 3.63) is 42.5 Å². The summed E-state index contributed by atoms with van der Waals surface area (Å²) in [5.74, 6) is -0.448. The number of anilines is 1. The molecule has 0 radical (unpaired) electrons. The summed E-state index contributed by atoms with van der Waals surface area (Å²) < 4.78 is 22.5. The van der Waals surface area contributed by atoms with Crippen LogP contribution in [0.3, 0.4) is 0 Å². The van der Waals surface area contributed by atoms with Gasteiger partial charge in [-0.15, -0.1) is 0 Å². The third kappa shape index (κ3) is 7.12. The molecule has 5 nitrogen and oxygen atoms in total. The van der Waals surface area contributed by atoms with Crippen molar-refractivity contribution >= 4 is 40.6 Å². The Morgan fingerprint density at radius 2 is 1.86 bits per heavy atom. The Bertz CT molecular complexity index is 822. The summed E-state index contributed by atoms with van der Waals surface area (Å²) in [6.07, 6.45) is 3.16. The number of hydrogen-bond acceptors (Lipinski definition) is 5. The van der Waals surface area contributed by atoms with Crippen LogP contribution in [0.1, 0.15) is 46.5 Å². The lowest BCUT2D eigenvalue weighted by Crippen LogP contribution is -2.32. The molecule has 0 amide bonds. The fourth-order valence-corrected chi connectivity index (χ4v) is 4.10. The van der Waals surface area contributed by atoms with Crippen molar-refractivity contribution in [1.29, 1.82) is 0 Å². The van der Waals surface area contributed by atoms with Crippen LogP contribution in [0.4, 0.5) is 5.69 Å². The van der Waals surface area contributed by atoms with Gasteiger partial charge in [0.15, 0.2) is 0 Å². The first-order chi connectivity index (χ1) is 13.3. The molecule has 2 aromatic carbocycles. The molecule has 28 heavy (non-hydrogen) atoms. The van der Waals surface area contributed by atoms with E-state index < -0.39 is 19.0 Å². The van der Waals surface area contributed by atoms with Gasteiger partial charge in [-0.05, 0) is 30.2 Å². The van der Waals surface area contributed by atoms with E-state index in [1.165, 1.54) is 0 Å². The monoisotopic (exact) mass is 425 g/mol. The normalized spacial score (nSPS) is 14.6. The van der Waals surface area contributed by atoms with Gasteiger partial charge in [-0.25, -0.2) is 9.36 Å². The number of fused-ring (bicyclic) bond motifs is 1. The van der Waals surface area contributed by atoms with Crippen molar-refractivity contribution in [3.8, 4) is 0 Å². The van der Waals surface area contributed by atoms with E-state index in [9.17, 15) is 9.36 Å². The first kappa shape index (κ1) is 22.7. The summed E-state index contributed by atoms with van der Waals surface area (Å²) in [6, 6.07) is 13.1. The number of rotatable bonds is 11. The molecule has 0 aliphatic carbocycles. The van der Waals surface area contributed by atoms with Crippen LogP contribution >= 0.6 is 18.2 Å².